The SMILES string of the molecule is Fc1ccc(C(Br)c2ccccc2I)cc1. The summed E-state index contributed by atoms with van der Waals surface area (Å²) >= 11 is 5.95. The van der Waals surface area contributed by atoms with Gasteiger partial charge in [-0.15, -0.1) is 0 Å². The first kappa shape index (κ1) is 12.0. The van der Waals surface area contributed by atoms with Gasteiger partial charge in [0.05, 0.1) is 4.83 Å². The van der Waals surface area contributed by atoms with Gasteiger partial charge in [-0.3, -0.25) is 0 Å². The van der Waals surface area contributed by atoms with Crippen LogP contribution in [0.3, 0.4) is 0 Å². The number of halogens is 3. The molecule has 2 aromatic carbocycles. The molecule has 0 saturated carbocycles. The van der Waals surface area contributed by atoms with Crippen LogP contribution in [0.25, 0.3) is 0 Å². The van der Waals surface area contributed by atoms with Crippen molar-refractivity contribution in [2.45, 2.75) is 4.83 Å². The molecule has 0 aliphatic carbocycles. The van der Waals surface area contributed by atoms with Crippen LogP contribution in [0, 0.1) is 9.39 Å². The predicted octanol–water partition coefficient (Wildman–Crippen LogP) is 4.91. The van der Waals surface area contributed by atoms with Crippen LogP contribution in [-0.2, 0) is 0 Å². The summed E-state index contributed by atoms with van der Waals surface area (Å²) in [6, 6.07) is 14.7. The van der Waals surface area contributed by atoms with Crippen LogP contribution in [0.5, 0.6) is 0 Å². The molecule has 1 unspecified atom stereocenters. The van der Waals surface area contributed by atoms with Crippen LogP contribution >= 0.6 is 38.5 Å². The number of rotatable bonds is 2. The van der Waals surface area contributed by atoms with E-state index in [0.717, 1.165) is 5.56 Å². The monoisotopic (exact) mass is 390 g/mol. The van der Waals surface area contributed by atoms with Crippen LogP contribution in [0.4, 0.5) is 4.39 Å². The largest absolute Gasteiger partial charge is 0.207 e. The first-order valence-corrected chi connectivity index (χ1v) is 6.82. The lowest BCUT2D eigenvalue weighted by molar-refractivity contribution is 0.627. The van der Waals surface area contributed by atoms with Crippen LogP contribution in [-0.4, -0.2) is 0 Å². The molecule has 0 aromatic heterocycles. The fourth-order valence-corrected chi connectivity index (χ4v) is 3.32. The summed E-state index contributed by atoms with van der Waals surface area (Å²) < 4.78 is 14.0. The van der Waals surface area contributed by atoms with Crippen molar-refractivity contribution in [3.05, 3.63) is 69.0 Å². The Morgan fingerprint density at radius 3 is 2.25 bits per heavy atom. The highest BCUT2D eigenvalue weighted by molar-refractivity contribution is 14.1. The molecule has 16 heavy (non-hydrogen) atoms. The first-order valence-electron chi connectivity index (χ1n) is 4.82. The molecule has 3 heteroatoms. The van der Waals surface area contributed by atoms with E-state index in [9.17, 15) is 4.39 Å². The lowest BCUT2D eigenvalue weighted by atomic mass is 10.1. The third kappa shape index (κ3) is 2.63. The van der Waals surface area contributed by atoms with E-state index in [1.54, 1.807) is 12.1 Å². The Balaban J connectivity index is 2.35. The van der Waals surface area contributed by atoms with Crippen molar-refractivity contribution >= 4 is 38.5 Å². The van der Waals surface area contributed by atoms with E-state index in [-0.39, 0.29) is 10.6 Å². The summed E-state index contributed by atoms with van der Waals surface area (Å²) in [6.07, 6.45) is 0. The normalized spacial score (nSPS) is 12.4. The van der Waals surface area contributed by atoms with Gasteiger partial charge in [0.2, 0.25) is 0 Å². The predicted molar refractivity (Wildman–Crippen MR) is 76.3 cm³/mol. The molecule has 0 saturated heterocycles. The van der Waals surface area contributed by atoms with Crippen molar-refractivity contribution in [2.75, 3.05) is 0 Å². The van der Waals surface area contributed by atoms with Crippen molar-refractivity contribution in [3.63, 3.8) is 0 Å². The number of benzene rings is 2. The molecule has 0 bridgehead atoms. The number of hydrogen-bond acceptors (Lipinski definition) is 0. The fourth-order valence-electron chi connectivity index (χ4n) is 1.49. The molecule has 2 aromatic rings. The van der Waals surface area contributed by atoms with Crippen molar-refractivity contribution in [1.29, 1.82) is 0 Å². The third-order valence-electron chi connectivity index (χ3n) is 2.34. The summed E-state index contributed by atoms with van der Waals surface area (Å²) in [6.45, 7) is 0. The topological polar surface area (TPSA) is 0 Å². The zero-order valence-electron chi connectivity index (χ0n) is 8.33. The molecule has 0 spiro atoms. The zero-order valence-corrected chi connectivity index (χ0v) is 12.1. The summed E-state index contributed by atoms with van der Waals surface area (Å²) in [5.74, 6) is -0.203. The van der Waals surface area contributed by atoms with E-state index in [2.05, 4.69) is 50.7 Å². The van der Waals surface area contributed by atoms with Crippen LogP contribution in [0.15, 0.2) is 48.5 Å². The average Bonchev–Trinajstić information content (AvgIpc) is 2.30. The molecule has 0 N–H and O–H groups in total. The molecule has 0 amide bonds. The second-order valence-electron chi connectivity index (χ2n) is 3.44. The molecular formula is C13H9BrFI. The third-order valence-corrected chi connectivity index (χ3v) is 4.35. The maximum absolute atomic E-state index is 12.8. The summed E-state index contributed by atoms with van der Waals surface area (Å²) in [7, 11) is 0. The molecule has 82 valence electrons. The summed E-state index contributed by atoms with van der Waals surface area (Å²) in [5, 5.41) is 0. The van der Waals surface area contributed by atoms with E-state index < -0.39 is 0 Å². The van der Waals surface area contributed by atoms with E-state index in [1.807, 2.05) is 12.1 Å². The molecular weight excluding hydrogens is 382 g/mol. The van der Waals surface area contributed by atoms with Crippen LogP contribution in [0.1, 0.15) is 16.0 Å². The van der Waals surface area contributed by atoms with Gasteiger partial charge < -0.3 is 0 Å². The highest BCUT2D eigenvalue weighted by atomic mass is 127. The Labute approximate surface area is 116 Å². The highest BCUT2D eigenvalue weighted by Crippen LogP contribution is 2.33. The number of alkyl halides is 1. The van der Waals surface area contributed by atoms with E-state index in [0.29, 0.717) is 0 Å². The lowest BCUT2D eigenvalue weighted by Gasteiger charge is -2.12. The Hall–Kier alpha value is -0.420. The van der Waals surface area contributed by atoms with Crippen LogP contribution in [0.2, 0.25) is 0 Å². The van der Waals surface area contributed by atoms with Crippen molar-refractivity contribution in [1.82, 2.24) is 0 Å². The van der Waals surface area contributed by atoms with Gasteiger partial charge in [0, 0.05) is 3.57 Å². The number of hydrogen-bond donors (Lipinski definition) is 0. The maximum atomic E-state index is 12.8. The Bertz CT molecular complexity index is 482. The minimum absolute atomic E-state index is 0.112. The van der Waals surface area contributed by atoms with Gasteiger partial charge in [0.1, 0.15) is 5.82 Å². The minimum atomic E-state index is -0.203. The highest BCUT2D eigenvalue weighted by Gasteiger charge is 2.12. The first-order chi connectivity index (χ1) is 7.68. The standard InChI is InChI=1S/C13H9BrFI/c14-13(9-5-7-10(15)8-6-9)11-3-1-2-4-12(11)16/h1-8,13H. The average molecular weight is 391 g/mol. The molecule has 0 fully saturated rings. The van der Waals surface area contributed by atoms with Gasteiger partial charge in [0.15, 0.2) is 0 Å². The zero-order chi connectivity index (χ0) is 11.5. The quantitative estimate of drug-likeness (QED) is 0.504. The van der Waals surface area contributed by atoms with E-state index in [4.69, 9.17) is 0 Å². The smallest absolute Gasteiger partial charge is 0.123 e. The Kier molecular flexibility index (Phi) is 3.97. The van der Waals surface area contributed by atoms with Crippen molar-refractivity contribution < 1.29 is 4.39 Å². The molecule has 0 aliphatic rings. The second kappa shape index (κ2) is 5.27. The lowest BCUT2D eigenvalue weighted by Crippen LogP contribution is -1.95. The second-order valence-corrected chi connectivity index (χ2v) is 5.51. The van der Waals surface area contributed by atoms with Gasteiger partial charge in [0.25, 0.3) is 0 Å². The van der Waals surface area contributed by atoms with Crippen LogP contribution < -0.4 is 0 Å². The summed E-state index contributed by atoms with van der Waals surface area (Å²) in [4.78, 5) is 0.112. The molecule has 0 heterocycles. The molecule has 1 atom stereocenters. The Morgan fingerprint density at radius 1 is 1.00 bits per heavy atom. The molecule has 2 rings (SSSR count). The van der Waals surface area contributed by atoms with Crippen molar-refractivity contribution in [3.8, 4) is 0 Å². The minimum Gasteiger partial charge on any atom is -0.207 e. The van der Waals surface area contributed by atoms with Gasteiger partial charge >= 0.3 is 0 Å². The summed E-state index contributed by atoms with van der Waals surface area (Å²) in [5.41, 5.74) is 2.26. The molecule has 0 nitrogen and oxygen atoms in total. The fraction of sp³-hybridized carbons (Fsp3) is 0.0769. The van der Waals surface area contributed by atoms with E-state index >= 15 is 0 Å². The van der Waals surface area contributed by atoms with Gasteiger partial charge in [-0.25, -0.2) is 4.39 Å². The van der Waals surface area contributed by atoms with Gasteiger partial charge in [-0.05, 0) is 51.9 Å². The van der Waals surface area contributed by atoms with Gasteiger partial charge in [-0.2, -0.15) is 0 Å². The van der Waals surface area contributed by atoms with E-state index in [1.165, 1.54) is 21.3 Å². The molecule has 0 radical (unpaired) electrons. The molecule has 0 aliphatic heterocycles. The Morgan fingerprint density at radius 2 is 1.62 bits per heavy atom. The van der Waals surface area contributed by atoms with Crippen molar-refractivity contribution in [2.24, 2.45) is 0 Å². The maximum Gasteiger partial charge on any atom is 0.123 e. The van der Waals surface area contributed by atoms with Gasteiger partial charge in [-0.1, -0.05) is 46.3 Å².